The van der Waals surface area contributed by atoms with E-state index < -0.39 is 11.6 Å². The molecule has 2 aromatic carbocycles. The zero-order valence-electron chi connectivity index (χ0n) is 15.7. The molecule has 28 heavy (non-hydrogen) atoms. The molecule has 1 aliphatic rings. The molecule has 7 heteroatoms. The molecular formula is C21H24ClF2N3O. The summed E-state index contributed by atoms with van der Waals surface area (Å²) in [6, 6.07) is 11.1. The zero-order valence-corrected chi connectivity index (χ0v) is 16.5. The lowest BCUT2D eigenvalue weighted by atomic mass is 10.1. The van der Waals surface area contributed by atoms with Crippen LogP contribution in [0.1, 0.15) is 31.4 Å². The van der Waals surface area contributed by atoms with Crippen molar-refractivity contribution < 1.29 is 13.6 Å². The molecule has 0 bridgehead atoms. The van der Waals surface area contributed by atoms with Gasteiger partial charge in [0.05, 0.1) is 6.04 Å². The van der Waals surface area contributed by atoms with Crippen LogP contribution in [-0.4, -0.2) is 25.7 Å². The summed E-state index contributed by atoms with van der Waals surface area (Å²) >= 11 is 5.92. The van der Waals surface area contributed by atoms with E-state index >= 15 is 0 Å². The van der Waals surface area contributed by atoms with Crippen LogP contribution in [0.5, 0.6) is 0 Å². The van der Waals surface area contributed by atoms with Gasteiger partial charge < -0.3 is 15.5 Å². The molecular weight excluding hydrogens is 384 g/mol. The fourth-order valence-corrected chi connectivity index (χ4v) is 3.60. The van der Waals surface area contributed by atoms with Gasteiger partial charge in [-0.15, -0.1) is 0 Å². The summed E-state index contributed by atoms with van der Waals surface area (Å²) in [5.74, 6) is -1.43. The Hall–Kier alpha value is -2.34. The largest absolute Gasteiger partial charge is 0.371 e. The zero-order chi connectivity index (χ0) is 20.1. The van der Waals surface area contributed by atoms with Crippen LogP contribution >= 0.6 is 11.6 Å². The number of amides is 2. The maximum atomic E-state index is 13.4. The highest BCUT2D eigenvalue weighted by Gasteiger charge is 2.24. The van der Waals surface area contributed by atoms with Gasteiger partial charge >= 0.3 is 6.03 Å². The molecule has 1 fully saturated rings. The van der Waals surface area contributed by atoms with Gasteiger partial charge in [0.2, 0.25) is 0 Å². The Kier molecular flexibility index (Phi) is 6.73. The lowest BCUT2D eigenvalue weighted by Gasteiger charge is -2.20. The minimum absolute atomic E-state index is 0.0838. The maximum absolute atomic E-state index is 13.4. The Morgan fingerprint density at radius 3 is 2.64 bits per heavy atom. The molecule has 2 aromatic rings. The van der Waals surface area contributed by atoms with Crippen LogP contribution in [0.4, 0.5) is 19.3 Å². The molecule has 1 heterocycles. The number of urea groups is 1. The first kappa shape index (κ1) is 20.4. The van der Waals surface area contributed by atoms with Crippen molar-refractivity contribution >= 4 is 23.3 Å². The Morgan fingerprint density at radius 1 is 1.21 bits per heavy atom. The predicted molar refractivity (Wildman–Crippen MR) is 108 cm³/mol. The minimum Gasteiger partial charge on any atom is -0.371 e. The van der Waals surface area contributed by atoms with Crippen molar-refractivity contribution in [3.05, 3.63) is 64.7 Å². The van der Waals surface area contributed by atoms with Crippen LogP contribution in [0.3, 0.4) is 0 Å². The number of anilines is 1. The van der Waals surface area contributed by atoms with E-state index in [0.717, 1.165) is 31.0 Å². The third kappa shape index (κ3) is 5.13. The summed E-state index contributed by atoms with van der Waals surface area (Å²) in [5.41, 5.74) is 1.67. The molecule has 2 unspecified atom stereocenters. The summed E-state index contributed by atoms with van der Waals surface area (Å²) in [6.45, 7) is 3.99. The van der Waals surface area contributed by atoms with Crippen LogP contribution in [0.15, 0.2) is 42.5 Å². The summed E-state index contributed by atoms with van der Waals surface area (Å²) in [4.78, 5) is 14.3. The molecule has 0 spiro atoms. The lowest BCUT2D eigenvalue weighted by Crippen LogP contribution is -2.40. The third-order valence-corrected chi connectivity index (χ3v) is 5.34. The van der Waals surface area contributed by atoms with Gasteiger partial charge in [0.1, 0.15) is 0 Å². The highest BCUT2D eigenvalue weighted by molar-refractivity contribution is 6.30. The SMILES string of the molecule is CCC(NC(=O)NCC1CCN(c2ccc(F)c(F)c2)C1)c1ccc(Cl)cc1. The second-order valence-electron chi connectivity index (χ2n) is 7.07. The van der Waals surface area contributed by atoms with Gasteiger partial charge in [-0.1, -0.05) is 30.7 Å². The van der Waals surface area contributed by atoms with E-state index in [0.29, 0.717) is 23.8 Å². The molecule has 4 nitrogen and oxygen atoms in total. The molecule has 1 aliphatic heterocycles. The summed E-state index contributed by atoms with van der Waals surface area (Å²) < 4.78 is 26.5. The van der Waals surface area contributed by atoms with Crippen molar-refractivity contribution in [2.75, 3.05) is 24.5 Å². The normalized spacial score (nSPS) is 17.4. The van der Waals surface area contributed by atoms with Gasteiger partial charge in [0.15, 0.2) is 11.6 Å². The van der Waals surface area contributed by atoms with Gasteiger partial charge in [0.25, 0.3) is 0 Å². The third-order valence-electron chi connectivity index (χ3n) is 5.09. The van der Waals surface area contributed by atoms with E-state index in [4.69, 9.17) is 11.6 Å². The second kappa shape index (κ2) is 9.24. The summed E-state index contributed by atoms with van der Waals surface area (Å²) in [7, 11) is 0. The van der Waals surface area contributed by atoms with E-state index in [1.165, 1.54) is 6.07 Å². The van der Waals surface area contributed by atoms with Crippen molar-refractivity contribution in [3.8, 4) is 0 Å². The van der Waals surface area contributed by atoms with Crippen LogP contribution in [0.2, 0.25) is 5.02 Å². The van der Waals surface area contributed by atoms with Crippen molar-refractivity contribution in [2.45, 2.75) is 25.8 Å². The topological polar surface area (TPSA) is 44.4 Å². The fourth-order valence-electron chi connectivity index (χ4n) is 3.48. The first-order chi connectivity index (χ1) is 13.5. The van der Waals surface area contributed by atoms with Crippen molar-refractivity contribution in [1.82, 2.24) is 10.6 Å². The van der Waals surface area contributed by atoms with E-state index in [1.54, 1.807) is 6.07 Å². The van der Waals surface area contributed by atoms with Crippen LogP contribution < -0.4 is 15.5 Å². The van der Waals surface area contributed by atoms with E-state index in [9.17, 15) is 13.6 Å². The molecule has 150 valence electrons. The highest BCUT2D eigenvalue weighted by atomic mass is 35.5. The molecule has 3 rings (SSSR count). The minimum atomic E-state index is -0.844. The number of halogens is 3. The Labute approximate surface area is 168 Å². The number of nitrogens with zero attached hydrogens (tertiary/aromatic N) is 1. The standard InChI is InChI=1S/C21H24ClF2N3O/c1-2-20(15-3-5-16(22)6-4-15)26-21(28)25-12-14-9-10-27(13-14)17-7-8-18(23)19(24)11-17/h3-8,11,14,20H,2,9-10,12-13H2,1H3,(H2,25,26,28). The van der Waals surface area contributed by atoms with E-state index in [1.807, 2.05) is 36.1 Å². The fraction of sp³-hybridized carbons (Fsp3) is 0.381. The summed E-state index contributed by atoms with van der Waals surface area (Å²) in [6.07, 6.45) is 1.65. The van der Waals surface area contributed by atoms with Gasteiger partial charge in [-0.3, -0.25) is 0 Å². The van der Waals surface area contributed by atoms with Gasteiger partial charge in [-0.2, -0.15) is 0 Å². The molecule has 0 aromatic heterocycles. The van der Waals surface area contributed by atoms with Crippen LogP contribution in [0, 0.1) is 17.6 Å². The average Bonchev–Trinajstić information content (AvgIpc) is 3.16. The van der Waals surface area contributed by atoms with E-state index in [-0.39, 0.29) is 18.0 Å². The second-order valence-corrected chi connectivity index (χ2v) is 7.50. The van der Waals surface area contributed by atoms with Crippen LogP contribution in [0.25, 0.3) is 0 Å². The first-order valence-electron chi connectivity index (χ1n) is 9.46. The first-order valence-corrected chi connectivity index (χ1v) is 9.84. The number of nitrogens with one attached hydrogen (secondary N) is 2. The van der Waals surface area contributed by atoms with Gasteiger partial charge in [-0.25, -0.2) is 13.6 Å². The van der Waals surface area contributed by atoms with Gasteiger partial charge in [0, 0.05) is 36.4 Å². The number of carbonyl (C=O) groups excluding carboxylic acids is 1. The molecule has 2 amide bonds. The molecule has 0 aliphatic carbocycles. The number of hydrogen-bond donors (Lipinski definition) is 2. The van der Waals surface area contributed by atoms with Gasteiger partial charge in [-0.05, 0) is 48.6 Å². The molecule has 0 radical (unpaired) electrons. The van der Waals surface area contributed by atoms with Crippen molar-refractivity contribution in [3.63, 3.8) is 0 Å². The number of benzene rings is 2. The average molecular weight is 408 g/mol. The monoisotopic (exact) mass is 407 g/mol. The Bertz CT molecular complexity index is 816. The predicted octanol–water partition coefficient (Wildman–Crippen LogP) is 4.90. The summed E-state index contributed by atoms with van der Waals surface area (Å²) in [5, 5.41) is 6.57. The molecule has 2 atom stereocenters. The number of rotatable bonds is 6. The molecule has 0 saturated carbocycles. The Morgan fingerprint density at radius 2 is 1.96 bits per heavy atom. The Balaban J connectivity index is 1.48. The lowest BCUT2D eigenvalue weighted by molar-refractivity contribution is 0.235. The van der Waals surface area contributed by atoms with Crippen LogP contribution in [-0.2, 0) is 0 Å². The maximum Gasteiger partial charge on any atom is 0.315 e. The highest BCUT2D eigenvalue weighted by Crippen LogP contribution is 2.25. The molecule has 2 N–H and O–H groups in total. The molecule has 1 saturated heterocycles. The number of hydrogen-bond acceptors (Lipinski definition) is 2. The quantitative estimate of drug-likeness (QED) is 0.715. The van der Waals surface area contributed by atoms with Crippen molar-refractivity contribution in [1.29, 1.82) is 0 Å². The van der Waals surface area contributed by atoms with Crippen molar-refractivity contribution in [2.24, 2.45) is 5.92 Å². The van der Waals surface area contributed by atoms with E-state index in [2.05, 4.69) is 10.6 Å². The smallest absolute Gasteiger partial charge is 0.315 e. The number of carbonyl (C=O) groups is 1.